The molecule has 0 amide bonds. The molecule has 0 aliphatic carbocycles. The minimum Gasteiger partial charge on any atom is -0.388 e. The molecule has 4 heteroatoms. The lowest BCUT2D eigenvalue weighted by molar-refractivity contribution is 0.178. The quantitative estimate of drug-likeness (QED) is 0.894. The molecule has 0 aromatic heterocycles. The van der Waals surface area contributed by atoms with Gasteiger partial charge in [0.25, 0.3) is 0 Å². The first-order chi connectivity index (χ1) is 8.99. The van der Waals surface area contributed by atoms with Gasteiger partial charge in [0.2, 0.25) is 0 Å². The third kappa shape index (κ3) is 3.11. The summed E-state index contributed by atoms with van der Waals surface area (Å²) in [7, 11) is 0. The largest absolute Gasteiger partial charge is 0.388 e. The van der Waals surface area contributed by atoms with E-state index in [1.807, 2.05) is 13.0 Å². The molecule has 0 aliphatic heterocycles. The van der Waals surface area contributed by atoms with E-state index in [0.29, 0.717) is 16.1 Å². The molecule has 19 heavy (non-hydrogen) atoms. The highest BCUT2D eigenvalue weighted by molar-refractivity contribution is 6.32. The molecule has 1 N–H and O–H groups in total. The van der Waals surface area contributed by atoms with Crippen LogP contribution in [0.5, 0.6) is 0 Å². The van der Waals surface area contributed by atoms with Gasteiger partial charge in [-0.1, -0.05) is 35.9 Å². The summed E-state index contributed by atoms with van der Waals surface area (Å²) in [5, 5.41) is 10.6. The van der Waals surface area contributed by atoms with Gasteiger partial charge in [-0.15, -0.1) is 0 Å². The highest BCUT2D eigenvalue weighted by Crippen LogP contribution is 2.28. The van der Waals surface area contributed by atoms with Gasteiger partial charge < -0.3 is 5.11 Å². The van der Waals surface area contributed by atoms with Crippen molar-refractivity contribution in [1.29, 1.82) is 0 Å². The van der Waals surface area contributed by atoms with E-state index in [0.717, 1.165) is 17.7 Å². The smallest absolute Gasteiger partial charge is 0.159 e. The summed E-state index contributed by atoms with van der Waals surface area (Å²) in [6.07, 6.45) is -0.669. The van der Waals surface area contributed by atoms with Crippen molar-refractivity contribution in [3.8, 4) is 0 Å². The van der Waals surface area contributed by atoms with E-state index in [-0.39, 0.29) is 6.42 Å². The van der Waals surface area contributed by atoms with Crippen LogP contribution in [0.2, 0.25) is 5.02 Å². The number of hydrogen-bond acceptors (Lipinski definition) is 1. The Bertz CT molecular complexity index is 599. The first-order valence-electron chi connectivity index (χ1n) is 5.86. The van der Waals surface area contributed by atoms with Gasteiger partial charge in [0.1, 0.15) is 0 Å². The summed E-state index contributed by atoms with van der Waals surface area (Å²) in [5.74, 6) is -1.81. The third-order valence-electron chi connectivity index (χ3n) is 2.99. The Kier molecular flexibility index (Phi) is 4.17. The number of aryl methyl sites for hydroxylation is 1. The molecule has 0 radical (unpaired) electrons. The first kappa shape index (κ1) is 14.0. The molecule has 0 bridgehead atoms. The van der Waals surface area contributed by atoms with Gasteiger partial charge in [-0.25, -0.2) is 8.78 Å². The van der Waals surface area contributed by atoms with E-state index in [4.69, 9.17) is 11.6 Å². The maximum absolute atomic E-state index is 13.1. The van der Waals surface area contributed by atoms with Gasteiger partial charge >= 0.3 is 0 Å². The van der Waals surface area contributed by atoms with Crippen molar-refractivity contribution < 1.29 is 13.9 Å². The molecule has 0 fully saturated rings. The fourth-order valence-electron chi connectivity index (χ4n) is 1.93. The van der Waals surface area contributed by atoms with Gasteiger partial charge in [-0.05, 0) is 35.7 Å². The number of benzene rings is 2. The molecule has 1 unspecified atom stereocenters. The molecule has 100 valence electrons. The van der Waals surface area contributed by atoms with E-state index in [1.165, 1.54) is 6.07 Å². The third-order valence-corrected chi connectivity index (χ3v) is 3.51. The van der Waals surface area contributed by atoms with Crippen LogP contribution in [0.15, 0.2) is 36.4 Å². The maximum Gasteiger partial charge on any atom is 0.159 e. The number of aliphatic hydroxyl groups is 1. The molecule has 0 heterocycles. The lowest BCUT2D eigenvalue weighted by Gasteiger charge is -2.14. The molecule has 0 saturated heterocycles. The predicted molar refractivity (Wildman–Crippen MR) is 71.2 cm³/mol. The minimum absolute atomic E-state index is 0.181. The van der Waals surface area contributed by atoms with Crippen LogP contribution in [-0.2, 0) is 6.42 Å². The van der Waals surface area contributed by atoms with Crippen molar-refractivity contribution in [3.05, 3.63) is 69.7 Å². The van der Waals surface area contributed by atoms with Crippen molar-refractivity contribution >= 4 is 11.6 Å². The zero-order valence-corrected chi connectivity index (χ0v) is 11.1. The first-order valence-corrected chi connectivity index (χ1v) is 6.24. The zero-order valence-electron chi connectivity index (χ0n) is 10.3. The Morgan fingerprint density at radius 2 is 1.89 bits per heavy atom. The molecule has 1 atom stereocenters. The highest BCUT2D eigenvalue weighted by Gasteiger charge is 2.14. The number of hydrogen-bond donors (Lipinski definition) is 1. The van der Waals surface area contributed by atoms with E-state index >= 15 is 0 Å². The fraction of sp³-hybridized carbons (Fsp3) is 0.200. The van der Waals surface area contributed by atoms with Crippen molar-refractivity contribution in [2.24, 2.45) is 0 Å². The van der Waals surface area contributed by atoms with Gasteiger partial charge in [-0.2, -0.15) is 0 Å². The van der Waals surface area contributed by atoms with Crippen LogP contribution in [-0.4, -0.2) is 5.11 Å². The second-order valence-electron chi connectivity index (χ2n) is 4.45. The molecule has 2 aromatic carbocycles. The summed E-state index contributed by atoms with van der Waals surface area (Å²) < 4.78 is 25.9. The van der Waals surface area contributed by atoms with E-state index in [2.05, 4.69) is 0 Å². The Morgan fingerprint density at radius 1 is 1.16 bits per heavy atom. The Labute approximate surface area is 115 Å². The molecule has 0 aliphatic rings. The number of rotatable bonds is 3. The monoisotopic (exact) mass is 282 g/mol. The van der Waals surface area contributed by atoms with Crippen LogP contribution in [0.25, 0.3) is 0 Å². The average Bonchev–Trinajstić information content (AvgIpc) is 2.37. The van der Waals surface area contributed by atoms with Crippen LogP contribution in [0.4, 0.5) is 8.78 Å². The van der Waals surface area contributed by atoms with Crippen molar-refractivity contribution in [2.45, 2.75) is 19.4 Å². The molecular formula is C15H13ClF2O. The van der Waals surface area contributed by atoms with E-state index in [9.17, 15) is 13.9 Å². The molecular weight excluding hydrogens is 270 g/mol. The molecule has 0 spiro atoms. The minimum atomic E-state index is -0.917. The van der Waals surface area contributed by atoms with Crippen LogP contribution < -0.4 is 0 Å². The number of aliphatic hydroxyl groups excluding tert-OH is 1. The van der Waals surface area contributed by atoms with Crippen molar-refractivity contribution in [2.75, 3.05) is 0 Å². The Morgan fingerprint density at radius 3 is 2.58 bits per heavy atom. The lowest BCUT2D eigenvalue weighted by Crippen LogP contribution is -2.04. The second-order valence-corrected chi connectivity index (χ2v) is 4.82. The summed E-state index contributed by atoms with van der Waals surface area (Å²) in [4.78, 5) is 0. The molecule has 2 aromatic rings. The van der Waals surface area contributed by atoms with Crippen LogP contribution >= 0.6 is 11.6 Å². The second kappa shape index (κ2) is 5.68. The summed E-state index contributed by atoms with van der Waals surface area (Å²) in [6.45, 7) is 1.84. The average molecular weight is 283 g/mol. The Hall–Kier alpha value is -1.45. The summed E-state index contributed by atoms with van der Waals surface area (Å²) >= 11 is 6.12. The van der Waals surface area contributed by atoms with Crippen molar-refractivity contribution in [1.82, 2.24) is 0 Å². The lowest BCUT2D eigenvalue weighted by atomic mass is 10.00. The van der Waals surface area contributed by atoms with E-state index < -0.39 is 17.7 Å². The van der Waals surface area contributed by atoms with E-state index in [1.54, 1.807) is 12.1 Å². The molecule has 1 nitrogen and oxygen atoms in total. The fourth-order valence-corrected chi connectivity index (χ4v) is 2.18. The zero-order chi connectivity index (χ0) is 14.0. The van der Waals surface area contributed by atoms with Crippen LogP contribution in [0.3, 0.4) is 0 Å². The molecule has 0 saturated carbocycles. The predicted octanol–water partition coefficient (Wildman–Crippen LogP) is 4.20. The van der Waals surface area contributed by atoms with Crippen molar-refractivity contribution in [3.63, 3.8) is 0 Å². The van der Waals surface area contributed by atoms with Gasteiger partial charge in [0.05, 0.1) is 6.10 Å². The summed E-state index contributed by atoms with van der Waals surface area (Å²) in [5.41, 5.74) is 1.97. The van der Waals surface area contributed by atoms with Gasteiger partial charge in [-0.3, -0.25) is 0 Å². The normalized spacial score (nSPS) is 12.5. The van der Waals surface area contributed by atoms with Gasteiger partial charge in [0.15, 0.2) is 11.6 Å². The van der Waals surface area contributed by atoms with Crippen LogP contribution in [0, 0.1) is 18.6 Å². The molecule has 2 rings (SSSR count). The topological polar surface area (TPSA) is 20.2 Å². The Balaban J connectivity index is 2.23. The van der Waals surface area contributed by atoms with Crippen LogP contribution in [0.1, 0.15) is 22.8 Å². The SMILES string of the molecule is Cc1cccc(C(O)Cc2ccc(F)c(F)c2)c1Cl. The maximum atomic E-state index is 13.1. The summed E-state index contributed by atoms with van der Waals surface area (Å²) in [6, 6.07) is 8.95. The van der Waals surface area contributed by atoms with Gasteiger partial charge in [0, 0.05) is 11.4 Å². The highest BCUT2D eigenvalue weighted by atomic mass is 35.5. The number of halogens is 3. The standard InChI is InChI=1S/C15H13ClF2O/c1-9-3-2-4-11(15(9)16)14(19)8-10-5-6-12(17)13(18)7-10/h2-7,14,19H,8H2,1H3.